The molecule has 1 aromatic heterocycles. The van der Waals surface area contributed by atoms with Crippen LogP contribution in [0.4, 0.5) is 0 Å². The van der Waals surface area contributed by atoms with Crippen molar-refractivity contribution in [1.82, 2.24) is 15.2 Å². The van der Waals surface area contributed by atoms with Crippen LogP contribution in [0.5, 0.6) is 0 Å². The van der Waals surface area contributed by atoms with Gasteiger partial charge in [0, 0.05) is 18.4 Å². The van der Waals surface area contributed by atoms with Gasteiger partial charge in [0.05, 0.1) is 0 Å². The molecule has 66 valence electrons. The quantitative estimate of drug-likeness (QED) is 0.690. The molecule has 4 nitrogen and oxygen atoms in total. The van der Waals surface area contributed by atoms with Gasteiger partial charge in [0.25, 0.3) is 0 Å². The lowest BCUT2D eigenvalue weighted by atomic mass is 10.2. The highest BCUT2D eigenvalue weighted by Gasteiger charge is 2.27. The van der Waals surface area contributed by atoms with E-state index in [4.69, 9.17) is 5.73 Å². The first-order chi connectivity index (χ1) is 5.75. The summed E-state index contributed by atoms with van der Waals surface area (Å²) >= 11 is 0. The molecule has 1 atom stereocenters. The molecule has 0 saturated heterocycles. The van der Waals surface area contributed by atoms with Gasteiger partial charge in [0.15, 0.2) is 5.82 Å². The van der Waals surface area contributed by atoms with E-state index in [-0.39, 0.29) is 6.04 Å². The van der Waals surface area contributed by atoms with Crippen LogP contribution in [0, 0.1) is 0 Å². The first-order valence-corrected chi connectivity index (χ1v) is 4.42. The summed E-state index contributed by atoms with van der Waals surface area (Å²) in [6.45, 7) is 1.97. The SMILES string of the molecule is CC(N)Cc1nc(C2CC2)n[nH]1. The number of aromatic amines is 1. The highest BCUT2D eigenvalue weighted by atomic mass is 15.2. The van der Waals surface area contributed by atoms with Crippen molar-refractivity contribution in [3.05, 3.63) is 11.6 Å². The Morgan fingerprint density at radius 1 is 1.67 bits per heavy atom. The number of rotatable bonds is 3. The Hall–Kier alpha value is -0.900. The topological polar surface area (TPSA) is 67.6 Å². The molecule has 0 aliphatic heterocycles. The molecule has 0 radical (unpaired) electrons. The third kappa shape index (κ3) is 1.64. The van der Waals surface area contributed by atoms with Crippen molar-refractivity contribution < 1.29 is 0 Å². The van der Waals surface area contributed by atoms with E-state index in [0.717, 1.165) is 18.1 Å². The van der Waals surface area contributed by atoms with Crippen molar-refractivity contribution in [3.63, 3.8) is 0 Å². The van der Waals surface area contributed by atoms with Gasteiger partial charge in [-0.1, -0.05) is 0 Å². The number of H-pyrrole nitrogens is 1. The molecule has 2 rings (SSSR count). The molecule has 1 aromatic rings. The summed E-state index contributed by atoms with van der Waals surface area (Å²) in [7, 11) is 0. The van der Waals surface area contributed by atoms with E-state index in [1.807, 2.05) is 6.92 Å². The van der Waals surface area contributed by atoms with E-state index in [9.17, 15) is 0 Å². The smallest absolute Gasteiger partial charge is 0.153 e. The summed E-state index contributed by atoms with van der Waals surface area (Å²) in [5, 5.41) is 7.06. The first kappa shape index (κ1) is 7.73. The molecule has 1 saturated carbocycles. The fourth-order valence-electron chi connectivity index (χ4n) is 1.23. The zero-order valence-electron chi connectivity index (χ0n) is 7.25. The zero-order chi connectivity index (χ0) is 8.55. The fourth-order valence-corrected chi connectivity index (χ4v) is 1.23. The average Bonchev–Trinajstić information content (AvgIpc) is 2.73. The molecule has 1 aliphatic rings. The maximum absolute atomic E-state index is 5.64. The number of nitrogens with two attached hydrogens (primary N) is 1. The average molecular weight is 166 g/mol. The molecule has 4 heteroatoms. The molecule has 1 fully saturated rings. The minimum atomic E-state index is 0.157. The number of nitrogens with one attached hydrogen (secondary N) is 1. The molecule has 1 unspecified atom stereocenters. The second-order valence-electron chi connectivity index (χ2n) is 3.60. The predicted octanol–water partition coefficient (Wildman–Crippen LogP) is 0.572. The first-order valence-electron chi connectivity index (χ1n) is 4.42. The molecular formula is C8H14N4. The number of hydrogen-bond acceptors (Lipinski definition) is 3. The van der Waals surface area contributed by atoms with Crippen molar-refractivity contribution in [2.75, 3.05) is 0 Å². The Balaban J connectivity index is 2.03. The normalized spacial score (nSPS) is 19.5. The van der Waals surface area contributed by atoms with Crippen LogP contribution in [0.15, 0.2) is 0 Å². The molecule has 0 amide bonds. The van der Waals surface area contributed by atoms with Crippen LogP contribution in [0.25, 0.3) is 0 Å². The summed E-state index contributed by atoms with van der Waals surface area (Å²) in [5.74, 6) is 2.53. The lowest BCUT2D eigenvalue weighted by Crippen LogP contribution is -2.18. The molecular weight excluding hydrogens is 152 g/mol. The Morgan fingerprint density at radius 2 is 2.42 bits per heavy atom. The largest absolute Gasteiger partial charge is 0.328 e. The van der Waals surface area contributed by atoms with Gasteiger partial charge in [-0.2, -0.15) is 5.10 Å². The van der Waals surface area contributed by atoms with E-state index in [1.54, 1.807) is 0 Å². The molecule has 3 N–H and O–H groups in total. The summed E-state index contributed by atoms with van der Waals surface area (Å²) in [4.78, 5) is 4.37. The van der Waals surface area contributed by atoms with Crippen molar-refractivity contribution >= 4 is 0 Å². The molecule has 0 aromatic carbocycles. The van der Waals surface area contributed by atoms with Gasteiger partial charge in [-0.25, -0.2) is 4.98 Å². The Bertz CT molecular complexity index is 262. The molecule has 12 heavy (non-hydrogen) atoms. The number of nitrogens with zero attached hydrogens (tertiary/aromatic N) is 2. The van der Waals surface area contributed by atoms with Crippen molar-refractivity contribution in [1.29, 1.82) is 0 Å². The Labute approximate surface area is 71.6 Å². The molecule has 0 spiro atoms. The van der Waals surface area contributed by atoms with Gasteiger partial charge in [-0.3, -0.25) is 5.10 Å². The van der Waals surface area contributed by atoms with Gasteiger partial charge in [0.2, 0.25) is 0 Å². The van der Waals surface area contributed by atoms with Crippen LogP contribution >= 0.6 is 0 Å². The molecule has 1 heterocycles. The van der Waals surface area contributed by atoms with E-state index in [2.05, 4.69) is 15.2 Å². The molecule has 0 bridgehead atoms. The lowest BCUT2D eigenvalue weighted by molar-refractivity contribution is 0.704. The van der Waals surface area contributed by atoms with E-state index in [1.165, 1.54) is 12.8 Å². The van der Waals surface area contributed by atoms with Crippen LogP contribution in [0.2, 0.25) is 0 Å². The highest BCUT2D eigenvalue weighted by molar-refractivity contribution is 5.05. The maximum Gasteiger partial charge on any atom is 0.153 e. The third-order valence-corrected chi connectivity index (χ3v) is 2.01. The predicted molar refractivity (Wildman–Crippen MR) is 45.7 cm³/mol. The number of hydrogen-bond donors (Lipinski definition) is 2. The number of aromatic nitrogens is 3. The van der Waals surface area contributed by atoms with Crippen molar-refractivity contribution in [2.24, 2.45) is 5.73 Å². The summed E-state index contributed by atoms with van der Waals surface area (Å²) in [6.07, 6.45) is 3.28. The summed E-state index contributed by atoms with van der Waals surface area (Å²) < 4.78 is 0. The minimum Gasteiger partial charge on any atom is -0.328 e. The Morgan fingerprint density at radius 3 is 3.00 bits per heavy atom. The van der Waals surface area contributed by atoms with Crippen LogP contribution in [-0.4, -0.2) is 21.2 Å². The van der Waals surface area contributed by atoms with E-state index >= 15 is 0 Å². The van der Waals surface area contributed by atoms with Gasteiger partial charge in [-0.05, 0) is 19.8 Å². The second-order valence-corrected chi connectivity index (χ2v) is 3.60. The van der Waals surface area contributed by atoms with E-state index in [0.29, 0.717) is 5.92 Å². The van der Waals surface area contributed by atoms with Gasteiger partial charge >= 0.3 is 0 Å². The second kappa shape index (κ2) is 2.86. The van der Waals surface area contributed by atoms with E-state index < -0.39 is 0 Å². The summed E-state index contributed by atoms with van der Waals surface area (Å²) in [6, 6.07) is 0.157. The van der Waals surface area contributed by atoms with Crippen LogP contribution < -0.4 is 5.73 Å². The maximum atomic E-state index is 5.64. The van der Waals surface area contributed by atoms with Gasteiger partial charge in [-0.15, -0.1) is 0 Å². The summed E-state index contributed by atoms with van der Waals surface area (Å²) in [5.41, 5.74) is 5.64. The van der Waals surface area contributed by atoms with Crippen LogP contribution in [-0.2, 0) is 6.42 Å². The zero-order valence-corrected chi connectivity index (χ0v) is 7.25. The minimum absolute atomic E-state index is 0.157. The lowest BCUT2D eigenvalue weighted by Gasteiger charge is -1.98. The van der Waals surface area contributed by atoms with Crippen LogP contribution in [0.3, 0.4) is 0 Å². The van der Waals surface area contributed by atoms with Crippen molar-refractivity contribution in [2.45, 2.75) is 38.1 Å². The third-order valence-electron chi connectivity index (χ3n) is 2.01. The monoisotopic (exact) mass is 166 g/mol. The van der Waals surface area contributed by atoms with Gasteiger partial charge < -0.3 is 5.73 Å². The highest BCUT2D eigenvalue weighted by Crippen LogP contribution is 2.37. The van der Waals surface area contributed by atoms with Crippen LogP contribution in [0.1, 0.15) is 37.3 Å². The van der Waals surface area contributed by atoms with Crippen molar-refractivity contribution in [3.8, 4) is 0 Å². The van der Waals surface area contributed by atoms with Gasteiger partial charge in [0.1, 0.15) is 5.82 Å². The fraction of sp³-hybridized carbons (Fsp3) is 0.750. The standard InChI is InChI=1S/C8H14N4/c1-5(9)4-7-10-8(12-11-7)6-2-3-6/h5-6H,2-4,9H2,1H3,(H,10,11,12). The Kier molecular flexibility index (Phi) is 1.84. The molecule has 1 aliphatic carbocycles.